The van der Waals surface area contributed by atoms with Crippen LogP contribution in [0.4, 0.5) is 0 Å². The van der Waals surface area contributed by atoms with E-state index in [4.69, 9.17) is 5.73 Å². The van der Waals surface area contributed by atoms with Crippen LogP contribution in [-0.2, 0) is 6.54 Å². The maximum absolute atomic E-state index is 12.0. The molecule has 1 amide bonds. The predicted octanol–water partition coefficient (Wildman–Crippen LogP) is 1.77. The van der Waals surface area contributed by atoms with Gasteiger partial charge in [-0.05, 0) is 24.7 Å². The molecule has 4 nitrogen and oxygen atoms in total. The summed E-state index contributed by atoms with van der Waals surface area (Å²) in [5, 5.41) is 5.66. The lowest BCUT2D eigenvalue weighted by atomic mass is 9.98. The highest BCUT2D eigenvalue weighted by Gasteiger charge is 2.31. The summed E-state index contributed by atoms with van der Waals surface area (Å²) >= 11 is 1.44. The molecule has 0 bridgehead atoms. The fraction of sp³-hybridized carbons (Fsp3) is 0.667. The highest BCUT2D eigenvalue weighted by atomic mass is 32.1. The Balaban J connectivity index is 1.97. The maximum Gasteiger partial charge on any atom is 0.270 e. The summed E-state index contributed by atoms with van der Waals surface area (Å²) < 4.78 is 0. The molecule has 17 heavy (non-hydrogen) atoms. The molecule has 1 fully saturated rings. The van der Waals surface area contributed by atoms with Gasteiger partial charge in [0.2, 0.25) is 0 Å². The van der Waals surface area contributed by atoms with Crippen LogP contribution < -0.4 is 11.1 Å². The Kier molecular flexibility index (Phi) is 3.79. The van der Waals surface area contributed by atoms with Crippen LogP contribution in [0.2, 0.25) is 0 Å². The number of aromatic nitrogens is 1. The molecular weight excluding hydrogens is 234 g/mol. The fourth-order valence-corrected chi connectivity index (χ4v) is 2.97. The SMILES string of the molecule is CC1CCC(NC(=O)c2csc(CN)n2)C1C. The van der Waals surface area contributed by atoms with E-state index in [1.165, 1.54) is 17.8 Å². The molecule has 1 aromatic heterocycles. The van der Waals surface area contributed by atoms with Gasteiger partial charge in [-0.3, -0.25) is 4.79 Å². The van der Waals surface area contributed by atoms with E-state index in [1.54, 1.807) is 5.38 Å². The molecule has 2 rings (SSSR count). The first-order valence-corrected chi connectivity index (χ1v) is 6.95. The van der Waals surface area contributed by atoms with Crippen molar-refractivity contribution < 1.29 is 4.79 Å². The lowest BCUT2D eigenvalue weighted by molar-refractivity contribution is 0.0923. The van der Waals surface area contributed by atoms with Crippen molar-refractivity contribution in [3.05, 3.63) is 16.1 Å². The maximum atomic E-state index is 12.0. The Hall–Kier alpha value is -0.940. The minimum atomic E-state index is -0.0631. The first kappa shape index (κ1) is 12.5. The molecule has 1 aromatic rings. The normalized spacial score (nSPS) is 28.3. The molecule has 1 saturated carbocycles. The predicted molar refractivity (Wildman–Crippen MR) is 68.8 cm³/mol. The van der Waals surface area contributed by atoms with E-state index in [0.717, 1.165) is 11.4 Å². The van der Waals surface area contributed by atoms with Crippen molar-refractivity contribution in [2.24, 2.45) is 17.6 Å². The zero-order chi connectivity index (χ0) is 12.4. The molecule has 1 aliphatic rings. The summed E-state index contributed by atoms with van der Waals surface area (Å²) in [6, 6.07) is 0.292. The molecule has 94 valence electrons. The topological polar surface area (TPSA) is 68.0 Å². The van der Waals surface area contributed by atoms with Crippen LogP contribution in [-0.4, -0.2) is 16.9 Å². The number of hydrogen-bond donors (Lipinski definition) is 2. The lowest BCUT2D eigenvalue weighted by Gasteiger charge is -2.18. The van der Waals surface area contributed by atoms with Gasteiger partial charge < -0.3 is 11.1 Å². The zero-order valence-electron chi connectivity index (χ0n) is 10.3. The quantitative estimate of drug-likeness (QED) is 0.862. The van der Waals surface area contributed by atoms with Crippen LogP contribution in [0.25, 0.3) is 0 Å². The second-order valence-electron chi connectivity index (χ2n) is 4.82. The summed E-state index contributed by atoms with van der Waals surface area (Å²) in [6.45, 7) is 4.84. The summed E-state index contributed by atoms with van der Waals surface area (Å²) in [7, 11) is 0. The number of carbonyl (C=O) groups is 1. The number of amides is 1. The van der Waals surface area contributed by atoms with Crippen LogP contribution in [0.15, 0.2) is 5.38 Å². The van der Waals surface area contributed by atoms with E-state index in [-0.39, 0.29) is 5.91 Å². The van der Waals surface area contributed by atoms with Crippen molar-refractivity contribution in [1.82, 2.24) is 10.3 Å². The van der Waals surface area contributed by atoms with E-state index >= 15 is 0 Å². The third-order valence-corrected chi connectivity index (χ3v) is 4.61. The van der Waals surface area contributed by atoms with Crippen LogP contribution in [0, 0.1) is 11.8 Å². The third kappa shape index (κ3) is 2.66. The van der Waals surface area contributed by atoms with Crippen molar-refractivity contribution in [2.75, 3.05) is 0 Å². The molecule has 0 saturated heterocycles. The van der Waals surface area contributed by atoms with E-state index in [0.29, 0.717) is 30.1 Å². The number of rotatable bonds is 3. The molecule has 3 N–H and O–H groups in total. The van der Waals surface area contributed by atoms with Gasteiger partial charge in [0, 0.05) is 18.0 Å². The monoisotopic (exact) mass is 253 g/mol. The summed E-state index contributed by atoms with van der Waals surface area (Å²) in [4.78, 5) is 16.2. The Bertz CT molecular complexity index is 404. The van der Waals surface area contributed by atoms with E-state index < -0.39 is 0 Å². The van der Waals surface area contributed by atoms with Crippen molar-refractivity contribution in [3.63, 3.8) is 0 Å². The smallest absolute Gasteiger partial charge is 0.270 e. The van der Waals surface area contributed by atoms with Crippen LogP contribution in [0.3, 0.4) is 0 Å². The van der Waals surface area contributed by atoms with Crippen LogP contribution in [0.5, 0.6) is 0 Å². The Morgan fingerprint density at radius 3 is 2.88 bits per heavy atom. The summed E-state index contributed by atoms with van der Waals surface area (Å²) in [5.74, 6) is 1.17. The van der Waals surface area contributed by atoms with Gasteiger partial charge in [-0.25, -0.2) is 4.98 Å². The van der Waals surface area contributed by atoms with Crippen molar-refractivity contribution in [3.8, 4) is 0 Å². The molecule has 0 aliphatic heterocycles. The highest BCUT2D eigenvalue weighted by molar-refractivity contribution is 7.09. The fourth-order valence-electron chi connectivity index (χ4n) is 2.32. The Morgan fingerprint density at radius 1 is 1.59 bits per heavy atom. The first-order chi connectivity index (χ1) is 8.11. The van der Waals surface area contributed by atoms with Gasteiger partial charge in [0.1, 0.15) is 10.7 Å². The second-order valence-corrected chi connectivity index (χ2v) is 5.77. The molecular formula is C12H19N3OS. The van der Waals surface area contributed by atoms with Crippen LogP contribution >= 0.6 is 11.3 Å². The number of carbonyl (C=O) groups excluding carboxylic acids is 1. The Morgan fingerprint density at radius 2 is 2.35 bits per heavy atom. The first-order valence-electron chi connectivity index (χ1n) is 6.07. The Labute approximate surface area is 106 Å². The van der Waals surface area contributed by atoms with Crippen LogP contribution in [0.1, 0.15) is 42.2 Å². The highest BCUT2D eigenvalue weighted by Crippen LogP contribution is 2.31. The molecule has 5 heteroatoms. The standard InChI is InChI=1S/C12H19N3OS/c1-7-3-4-9(8(7)2)15-12(16)10-6-17-11(5-13)14-10/h6-9H,3-5,13H2,1-2H3,(H,15,16). The summed E-state index contributed by atoms with van der Waals surface area (Å²) in [5.41, 5.74) is 5.99. The number of hydrogen-bond acceptors (Lipinski definition) is 4. The number of nitrogens with zero attached hydrogens (tertiary/aromatic N) is 1. The summed E-state index contributed by atoms with van der Waals surface area (Å²) in [6.07, 6.45) is 2.26. The van der Waals surface area contributed by atoms with Gasteiger partial charge in [0.25, 0.3) is 5.91 Å². The van der Waals surface area contributed by atoms with Gasteiger partial charge in [-0.15, -0.1) is 11.3 Å². The van der Waals surface area contributed by atoms with Gasteiger partial charge >= 0.3 is 0 Å². The molecule has 0 radical (unpaired) electrons. The number of nitrogens with one attached hydrogen (secondary N) is 1. The lowest BCUT2D eigenvalue weighted by Crippen LogP contribution is -2.37. The molecule has 3 atom stereocenters. The van der Waals surface area contributed by atoms with Gasteiger partial charge in [0.05, 0.1) is 0 Å². The van der Waals surface area contributed by atoms with Crippen molar-refractivity contribution in [2.45, 2.75) is 39.3 Å². The third-order valence-electron chi connectivity index (χ3n) is 3.74. The molecule has 0 spiro atoms. The molecule has 0 aromatic carbocycles. The number of thiazole rings is 1. The minimum Gasteiger partial charge on any atom is -0.348 e. The van der Waals surface area contributed by atoms with Crippen molar-refractivity contribution >= 4 is 17.2 Å². The second kappa shape index (κ2) is 5.14. The van der Waals surface area contributed by atoms with E-state index in [2.05, 4.69) is 24.1 Å². The minimum absolute atomic E-state index is 0.0631. The van der Waals surface area contributed by atoms with E-state index in [9.17, 15) is 4.79 Å². The zero-order valence-corrected chi connectivity index (χ0v) is 11.1. The van der Waals surface area contributed by atoms with Gasteiger partial charge in [0.15, 0.2) is 0 Å². The average molecular weight is 253 g/mol. The van der Waals surface area contributed by atoms with Gasteiger partial charge in [-0.1, -0.05) is 13.8 Å². The van der Waals surface area contributed by atoms with Gasteiger partial charge in [-0.2, -0.15) is 0 Å². The number of nitrogens with two attached hydrogens (primary N) is 1. The molecule has 3 unspecified atom stereocenters. The largest absolute Gasteiger partial charge is 0.348 e. The molecule has 1 heterocycles. The molecule has 1 aliphatic carbocycles. The average Bonchev–Trinajstić information content (AvgIpc) is 2.91. The van der Waals surface area contributed by atoms with E-state index in [1.807, 2.05) is 0 Å². The van der Waals surface area contributed by atoms with Crippen molar-refractivity contribution in [1.29, 1.82) is 0 Å².